The first-order chi connectivity index (χ1) is 9.54. The second-order valence-electron chi connectivity index (χ2n) is 4.75. The highest BCUT2D eigenvalue weighted by Crippen LogP contribution is 2.34. The molecule has 2 nitrogen and oxygen atoms in total. The molecule has 0 amide bonds. The zero-order valence-electron chi connectivity index (χ0n) is 12.0. The minimum Gasteiger partial charge on any atom is -0.341 e. The average molecular weight is 332 g/mol. The van der Waals surface area contributed by atoms with Crippen LogP contribution in [0.4, 0.5) is 11.4 Å². The molecule has 0 aliphatic rings. The molecule has 2 aromatic carbocycles. The largest absolute Gasteiger partial charge is 0.341 e. The number of halogens is 1. The second-order valence-corrected chi connectivity index (χ2v) is 5.61. The molecule has 0 aliphatic carbocycles. The minimum atomic E-state index is 0.0798. The summed E-state index contributed by atoms with van der Waals surface area (Å²) in [6, 6.07) is 14.1. The number of benzene rings is 2. The van der Waals surface area contributed by atoms with Crippen molar-refractivity contribution in [3.8, 4) is 0 Å². The van der Waals surface area contributed by atoms with Crippen molar-refractivity contribution in [2.24, 2.45) is 0 Å². The SMILES string of the molecule is CCN(c1ccccc1C)c1ccc(C(C)=O)cc1Br. The van der Waals surface area contributed by atoms with Gasteiger partial charge in [0.2, 0.25) is 0 Å². The van der Waals surface area contributed by atoms with Gasteiger partial charge in [-0.3, -0.25) is 4.79 Å². The highest BCUT2D eigenvalue weighted by molar-refractivity contribution is 9.10. The Morgan fingerprint density at radius 1 is 1.15 bits per heavy atom. The Labute approximate surface area is 128 Å². The fourth-order valence-electron chi connectivity index (χ4n) is 2.28. The molecule has 2 rings (SSSR count). The maximum atomic E-state index is 11.4. The Morgan fingerprint density at radius 3 is 2.40 bits per heavy atom. The monoisotopic (exact) mass is 331 g/mol. The lowest BCUT2D eigenvalue weighted by molar-refractivity contribution is 0.101. The van der Waals surface area contributed by atoms with E-state index in [1.807, 2.05) is 30.3 Å². The third-order valence-corrected chi connectivity index (χ3v) is 4.00. The molecule has 0 aromatic heterocycles. The summed E-state index contributed by atoms with van der Waals surface area (Å²) in [5.41, 5.74) is 4.22. The van der Waals surface area contributed by atoms with Gasteiger partial charge >= 0.3 is 0 Å². The van der Waals surface area contributed by atoms with Crippen LogP contribution in [0, 0.1) is 6.92 Å². The lowest BCUT2D eigenvalue weighted by Crippen LogP contribution is -2.17. The summed E-state index contributed by atoms with van der Waals surface area (Å²) >= 11 is 3.58. The van der Waals surface area contributed by atoms with Gasteiger partial charge in [-0.25, -0.2) is 0 Å². The number of nitrogens with zero attached hydrogens (tertiary/aromatic N) is 1. The molecule has 3 heteroatoms. The first-order valence-corrected chi connectivity index (χ1v) is 7.47. The number of hydrogen-bond acceptors (Lipinski definition) is 2. The molecule has 0 unspecified atom stereocenters. The van der Waals surface area contributed by atoms with Crippen LogP contribution in [0.3, 0.4) is 0 Å². The molecule has 0 atom stereocenters. The van der Waals surface area contributed by atoms with Crippen LogP contribution in [0.1, 0.15) is 29.8 Å². The number of ketones is 1. The van der Waals surface area contributed by atoms with E-state index in [2.05, 4.69) is 46.8 Å². The van der Waals surface area contributed by atoms with Crippen LogP contribution in [0.5, 0.6) is 0 Å². The predicted octanol–water partition coefficient (Wildman–Crippen LogP) is 5.12. The second kappa shape index (κ2) is 6.23. The van der Waals surface area contributed by atoms with E-state index >= 15 is 0 Å². The van der Waals surface area contributed by atoms with Crippen LogP contribution in [0.2, 0.25) is 0 Å². The van der Waals surface area contributed by atoms with Crippen LogP contribution < -0.4 is 4.90 Å². The summed E-state index contributed by atoms with van der Waals surface area (Å²) in [6.45, 7) is 6.68. The predicted molar refractivity (Wildman–Crippen MR) is 88.0 cm³/mol. The van der Waals surface area contributed by atoms with Gasteiger partial charge in [0.1, 0.15) is 0 Å². The van der Waals surface area contributed by atoms with Gasteiger partial charge in [-0.15, -0.1) is 0 Å². The van der Waals surface area contributed by atoms with Crippen LogP contribution >= 0.6 is 15.9 Å². The van der Waals surface area contributed by atoms with E-state index in [4.69, 9.17) is 0 Å². The van der Waals surface area contributed by atoms with Crippen molar-refractivity contribution in [1.82, 2.24) is 0 Å². The lowest BCUT2D eigenvalue weighted by atomic mass is 10.1. The van der Waals surface area contributed by atoms with Crippen molar-refractivity contribution in [2.75, 3.05) is 11.4 Å². The highest BCUT2D eigenvalue weighted by atomic mass is 79.9. The lowest BCUT2D eigenvalue weighted by Gasteiger charge is -2.26. The van der Waals surface area contributed by atoms with Crippen LogP contribution in [-0.2, 0) is 0 Å². The maximum absolute atomic E-state index is 11.4. The summed E-state index contributed by atoms with van der Waals surface area (Å²) < 4.78 is 0.940. The molecular formula is C17H18BrNO. The standard InChI is InChI=1S/C17H18BrNO/c1-4-19(16-8-6-5-7-12(16)2)17-10-9-14(13(3)20)11-15(17)18/h5-11H,4H2,1-3H3. The summed E-state index contributed by atoms with van der Waals surface area (Å²) in [7, 11) is 0. The number of carbonyl (C=O) groups is 1. The maximum Gasteiger partial charge on any atom is 0.159 e. The minimum absolute atomic E-state index is 0.0798. The molecule has 0 spiro atoms. The Kier molecular flexibility index (Phi) is 4.61. The van der Waals surface area contributed by atoms with Gasteiger partial charge in [0.15, 0.2) is 5.78 Å². The number of rotatable bonds is 4. The molecule has 20 heavy (non-hydrogen) atoms. The summed E-state index contributed by atoms with van der Waals surface area (Å²) in [6.07, 6.45) is 0. The quantitative estimate of drug-likeness (QED) is 0.725. The third-order valence-electron chi connectivity index (χ3n) is 3.37. The number of para-hydroxylation sites is 1. The topological polar surface area (TPSA) is 20.3 Å². The Bertz CT molecular complexity index is 637. The highest BCUT2D eigenvalue weighted by Gasteiger charge is 2.13. The van der Waals surface area contributed by atoms with Crippen molar-refractivity contribution in [3.05, 3.63) is 58.1 Å². The van der Waals surface area contributed by atoms with Crippen LogP contribution in [0.15, 0.2) is 46.9 Å². The summed E-state index contributed by atoms with van der Waals surface area (Å²) in [5, 5.41) is 0. The number of hydrogen-bond donors (Lipinski definition) is 0. The Hall–Kier alpha value is -1.61. The molecule has 0 N–H and O–H groups in total. The fraction of sp³-hybridized carbons (Fsp3) is 0.235. The van der Waals surface area contributed by atoms with Gasteiger partial charge in [0, 0.05) is 22.3 Å². The molecule has 104 valence electrons. The van der Waals surface area contributed by atoms with E-state index in [0.29, 0.717) is 0 Å². The van der Waals surface area contributed by atoms with Crippen molar-refractivity contribution in [3.63, 3.8) is 0 Å². The van der Waals surface area contributed by atoms with E-state index in [0.717, 1.165) is 22.3 Å². The molecule has 0 saturated heterocycles. The molecule has 0 bridgehead atoms. The van der Waals surface area contributed by atoms with Gasteiger partial charge in [-0.2, -0.15) is 0 Å². The van der Waals surface area contributed by atoms with Gasteiger partial charge in [0.05, 0.1) is 5.69 Å². The van der Waals surface area contributed by atoms with Gasteiger partial charge in [-0.05, 0) is 66.5 Å². The van der Waals surface area contributed by atoms with E-state index in [9.17, 15) is 4.79 Å². The third kappa shape index (κ3) is 2.93. The first kappa shape index (κ1) is 14.8. The number of aryl methyl sites for hydroxylation is 1. The summed E-state index contributed by atoms with van der Waals surface area (Å²) in [5.74, 6) is 0.0798. The van der Waals surface area contributed by atoms with Crippen LogP contribution in [-0.4, -0.2) is 12.3 Å². The number of Topliss-reactive ketones (excluding diaryl/α,β-unsaturated/α-hetero) is 1. The van der Waals surface area contributed by atoms with E-state index in [1.165, 1.54) is 11.3 Å². The molecular weight excluding hydrogens is 314 g/mol. The molecule has 0 fully saturated rings. The molecule has 2 aromatic rings. The van der Waals surface area contributed by atoms with Gasteiger partial charge < -0.3 is 4.90 Å². The average Bonchev–Trinajstić information content (AvgIpc) is 2.43. The molecule has 0 saturated carbocycles. The number of carbonyl (C=O) groups excluding carboxylic acids is 1. The summed E-state index contributed by atoms with van der Waals surface area (Å²) in [4.78, 5) is 13.7. The molecule has 0 radical (unpaired) electrons. The van der Waals surface area contributed by atoms with Gasteiger partial charge in [0.25, 0.3) is 0 Å². The number of anilines is 2. The van der Waals surface area contributed by atoms with E-state index < -0.39 is 0 Å². The molecule has 0 heterocycles. The Morgan fingerprint density at radius 2 is 1.85 bits per heavy atom. The van der Waals surface area contributed by atoms with Crippen molar-refractivity contribution >= 4 is 33.1 Å². The van der Waals surface area contributed by atoms with Crippen LogP contribution in [0.25, 0.3) is 0 Å². The fourth-order valence-corrected chi connectivity index (χ4v) is 2.87. The normalized spacial score (nSPS) is 10.4. The van der Waals surface area contributed by atoms with E-state index in [-0.39, 0.29) is 5.78 Å². The zero-order valence-corrected chi connectivity index (χ0v) is 13.6. The van der Waals surface area contributed by atoms with Crippen molar-refractivity contribution < 1.29 is 4.79 Å². The molecule has 0 aliphatic heterocycles. The Balaban J connectivity index is 2.48. The van der Waals surface area contributed by atoms with Gasteiger partial charge in [-0.1, -0.05) is 18.2 Å². The van der Waals surface area contributed by atoms with E-state index in [1.54, 1.807) is 6.92 Å². The smallest absolute Gasteiger partial charge is 0.159 e. The van der Waals surface area contributed by atoms with Crippen molar-refractivity contribution in [1.29, 1.82) is 0 Å². The van der Waals surface area contributed by atoms with Crippen molar-refractivity contribution in [2.45, 2.75) is 20.8 Å². The zero-order chi connectivity index (χ0) is 14.7. The first-order valence-electron chi connectivity index (χ1n) is 6.68.